The molecule has 20 heavy (non-hydrogen) atoms. The third-order valence-electron chi connectivity index (χ3n) is 4.19. The van der Waals surface area contributed by atoms with Crippen molar-refractivity contribution < 1.29 is 4.79 Å². The van der Waals surface area contributed by atoms with Crippen molar-refractivity contribution in [2.24, 2.45) is 11.7 Å². The number of nitrogens with two attached hydrogens (primary N) is 1. The zero-order valence-corrected chi connectivity index (χ0v) is 13.7. The smallest absolute Gasteiger partial charge is 0.219 e. The van der Waals surface area contributed by atoms with Gasteiger partial charge in [-0.25, -0.2) is 0 Å². The van der Waals surface area contributed by atoms with Crippen LogP contribution in [0.25, 0.3) is 0 Å². The Kier molecular flexibility index (Phi) is 13.5. The molecular weight excluding hydrogens is 272 g/mol. The molecule has 3 nitrogen and oxygen atoms in total. The monoisotopic (exact) mass is 304 g/mol. The summed E-state index contributed by atoms with van der Waals surface area (Å²) in [5, 5.41) is 3.05. The van der Waals surface area contributed by atoms with Crippen LogP contribution in [0.3, 0.4) is 0 Å². The van der Waals surface area contributed by atoms with Crippen LogP contribution in [0, 0.1) is 5.92 Å². The van der Waals surface area contributed by atoms with Gasteiger partial charge >= 0.3 is 0 Å². The largest absolute Gasteiger partial charge is 0.356 e. The third kappa shape index (κ3) is 10.5. The predicted octanol–water partition coefficient (Wildman–Crippen LogP) is 3.79. The first-order valence-electron chi connectivity index (χ1n) is 8.29. The van der Waals surface area contributed by atoms with E-state index in [1.165, 1.54) is 38.5 Å². The number of hydrogen-bond acceptors (Lipinski definition) is 2. The van der Waals surface area contributed by atoms with Crippen LogP contribution in [-0.4, -0.2) is 19.0 Å². The van der Waals surface area contributed by atoms with E-state index in [2.05, 4.69) is 5.32 Å². The summed E-state index contributed by atoms with van der Waals surface area (Å²) in [6.07, 6.45) is 14.6. The van der Waals surface area contributed by atoms with Crippen molar-refractivity contribution in [3.05, 3.63) is 0 Å². The van der Waals surface area contributed by atoms with Gasteiger partial charge in [-0.2, -0.15) is 0 Å². The van der Waals surface area contributed by atoms with Gasteiger partial charge in [0.2, 0.25) is 5.91 Å². The summed E-state index contributed by atoms with van der Waals surface area (Å²) in [5.41, 5.74) is 5.43. The number of carbonyl (C=O) groups is 1. The molecule has 1 aliphatic carbocycles. The SMILES string of the molecule is Cl.NCCCCCCC(=O)NCCCC1CCCCC1. The first kappa shape index (κ1) is 19.7. The minimum absolute atomic E-state index is 0. The minimum atomic E-state index is 0. The topological polar surface area (TPSA) is 55.1 Å². The van der Waals surface area contributed by atoms with Crippen molar-refractivity contribution in [2.45, 2.75) is 77.0 Å². The van der Waals surface area contributed by atoms with Gasteiger partial charge in [-0.3, -0.25) is 4.79 Å². The van der Waals surface area contributed by atoms with Gasteiger partial charge in [0.25, 0.3) is 0 Å². The van der Waals surface area contributed by atoms with Crippen LogP contribution in [0.1, 0.15) is 77.0 Å². The molecule has 1 aliphatic rings. The lowest BCUT2D eigenvalue weighted by atomic mass is 9.86. The Labute approximate surface area is 130 Å². The number of rotatable bonds is 10. The highest BCUT2D eigenvalue weighted by Gasteiger charge is 2.12. The van der Waals surface area contributed by atoms with Gasteiger partial charge in [0, 0.05) is 13.0 Å². The summed E-state index contributed by atoms with van der Waals surface area (Å²) in [6, 6.07) is 0. The van der Waals surface area contributed by atoms with Crippen molar-refractivity contribution in [2.75, 3.05) is 13.1 Å². The number of halogens is 1. The Bertz CT molecular complexity index is 231. The first-order chi connectivity index (χ1) is 9.33. The normalized spacial score (nSPS) is 15.7. The molecule has 1 fully saturated rings. The molecule has 0 atom stereocenters. The van der Waals surface area contributed by atoms with E-state index in [0.29, 0.717) is 6.42 Å². The van der Waals surface area contributed by atoms with E-state index in [9.17, 15) is 4.79 Å². The van der Waals surface area contributed by atoms with Crippen LogP contribution in [0.4, 0.5) is 0 Å². The van der Waals surface area contributed by atoms with E-state index in [0.717, 1.165) is 51.1 Å². The van der Waals surface area contributed by atoms with E-state index < -0.39 is 0 Å². The second-order valence-corrected chi connectivity index (χ2v) is 5.95. The average Bonchev–Trinajstić information content (AvgIpc) is 2.44. The molecule has 0 aromatic heterocycles. The number of hydrogen-bond donors (Lipinski definition) is 2. The van der Waals surface area contributed by atoms with Crippen LogP contribution in [-0.2, 0) is 4.79 Å². The second-order valence-electron chi connectivity index (χ2n) is 5.95. The van der Waals surface area contributed by atoms with E-state index in [4.69, 9.17) is 5.73 Å². The quantitative estimate of drug-likeness (QED) is 0.603. The summed E-state index contributed by atoms with van der Waals surface area (Å²) in [5.74, 6) is 1.17. The number of unbranched alkanes of at least 4 members (excludes halogenated alkanes) is 3. The fourth-order valence-electron chi connectivity index (χ4n) is 2.97. The summed E-state index contributed by atoms with van der Waals surface area (Å²) in [6.45, 7) is 1.64. The summed E-state index contributed by atoms with van der Waals surface area (Å²) in [7, 11) is 0. The lowest BCUT2D eigenvalue weighted by molar-refractivity contribution is -0.121. The Morgan fingerprint density at radius 2 is 1.70 bits per heavy atom. The molecule has 120 valence electrons. The van der Waals surface area contributed by atoms with Crippen LogP contribution in [0.15, 0.2) is 0 Å². The van der Waals surface area contributed by atoms with Gasteiger partial charge in [-0.05, 0) is 38.1 Å². The van der Waals surface area contributed by atoms with Gasteiger partial charge in [0.05, 0.1) is 0 Å². The van der Waals surface area contributed by atoms with E-state index in [1.807, 2.05) is 0 Å². The van der Waals surface area contributed by atoms with E-state index in [1.54, 1.807) is 0 Å². The Morgan fingerprint density at radius 1 is 1.00 bits per heavy atom. The van der Waals surface area contributed by atoms with Crippen molar-refractivity contribution in [3.63, 3.8) is 0 Å². The van der Waals surface area contributed by atoms with Crippen molar-refractivity contribution in [1.29, 1.82) is 0 Å². The molecule has 0 unspecified atom stereocenters. The zero-order valence-electron chi connectivity index (χ0n) is 12.9. The van der Waals surface area contributed by atoms with Gasteiger partial charge in [-0.1, -0.05) is 44.9 Å². The molecule has 1 saturated carbocycles. The van der Waals surface area contributed by atoms with Gasteiger partial charge < -0.3 is 11.1 Å². The predicted molar refractivity (Wildman–Crippen MR) is 88.2 cm³/mol. The molecule has 1 amide bonds. The molecule has 0 radical (unpaired) electrons. The van der Waals surface area contributed by atoms with Crippen molar-refractivity contribution >= 4 is 18.3 Å². The lowest BCUT2D eigenvalue weighted by Crippen LogP contribution is -2.24. The standard InChI is InChI=1S/C16H32N2O.ClH/c17-13-7-2-1-6-12-16(19)18-14-8-11-15-9-4-3-5-10-15;/h15H,1-14,17H2,(H,18,19);1H. The fourth-order valence-corrected chi connectivity index (χ4v) is 2.97. The van der Waals surface area contributed by atoms with Crippen LogP contribution in [0.2, 0.25) is 0 Å². The highest BCUT2D eigenvalue weighted by Crippen LogP contribution is 2.26. The summed E-state index contributed by atoms with van der Waals surface area (Å²) in [4.78, 5) is 11.6. The summed E-state index contributed by atoms with van der Waals surface area (Å²) < 4.78 is 0. The highest BCUT2D eigenvalue weighted by atomic mass is 35.5. The molecule has 0 aromatic rings. The van der Waals surface area contributed by atoms with Gasteiger partial charge in [-0.15, -0.1) is 12.4 Å². The number of amides is 1. The average molecular weight is 305 g/mol. The van der Waals surface area contributed by atoms with Crippen LogP contribution in [0.5, 0.6) is 0 Å². The molecule has 1 rings (SSSR count). The molecule has 0 heterocycles. The fraction of sp³-hybridized carbons (Fsp3) is 0.938. The summed E-state index contributed by atoms with van der Waals surface area (Å²) >= 11 is 0. The van der Waals surface area contributed by atoms with Gasteiger partial charge in [0.15, 0.2) is 0 Å². The van der Waals surface area contributed by atoms with Crippen LogP contribution >= 0.6 is 12.4 Å². The molecule has 0 saturated heterocycles. The van der Waals surface area contributed by atoms with Crippen molar-refractivity contribution in [3.8, 4) is 0 Å². The second kappa shape index (κ2) is 13.7. The maximum absolute atomic E-state index is 11.6. The number of nitrogens with one attached hydrogen (secondary N) is 1. The molecule has 3 N–H and O–H groups in total. The van der Waals surface area contributed by atoms with Crippen LogP contribution < -0.4 is 11.1 Å². The Balaban J connectivity index is 0.00000361. The Morgan fingerprint density at radius 3 is 2.40 bits per heavy atom. The van der Waals surface area contributed by atoms with Crippen molar-refractivity contribution in [1.82, 2.24) is 5.32 Å². The molecular formula is C16H33ClN2O. The lowest BCUT2D eigenvalue weighted by Gasteiger charge is -2.21. The highest BCUT2D eigenvalue weighted by molar-refractivity contribution is 5.85. The van der Waals surface area contributed by atoms with Gasteiger partial charge in [0.1, 0.15) is 0 Å². The molecule has 0 aliphatic heterocycles. The third-order valence-corrected chi connectivity index (χ3v) is 4.19. The minimum Gasteiger partial charge on any atom is -0.356 e. The maximum atomic E-state index is 11.6. The Hall–Kier alpha value is -0.280. The number of carbonyl (C=O) groups excluding carboxylic acids is 1. The molecule has 0 aromatic carbocycles. The maximum Gasteiger partial charge on any atom is 0.219 e. The van der Waals surface area contributed by atoms with E-state index >= 15 is 0 Å². The molecule has 0 spiro atoms. The molecule has 4 heteroatoms. The van der Waals surface area contributed by atoms with E-state index in [-0.39, 0.29) is 18.3 Å². The first-order valence-corrected chi connectivity index (χ1v) is 8.29. The zero-order chi connectivity index (χ0) is 13.8. The molecule has 0 bridgehead atoms.